The Balaban J connectivity index is 2.25. The van der Waals surface area contributed by atoms with Crippen LogP contribution < -0.4 is 5.73 Å². The Hall–Kier alpha value is -1.49. The lowest BCUT2D eigenvalue weighted by molar-refractivity contribution is -0.125. The largest absolute Gasteiger partial charge is 0.384 e. The van der Waals surface area contributed by atoms with Gasteiger partial charge in [0.15, 0.2) is 11.6 Å². The van der Waals surface area contributed by atoms with Crippen molar-refractivity contribution in [1.29, 1.82) is 0 Å². The van der Waals surface area contributed by atoms with E-state index in [-0.39, 0.29) is 12.5 Å². The monoisotopic (exact) mass is 241 g/mol. The zero-order valence-electron chi connectivity index (χ0n) is 9.37. The molecule has 1 fully saturated rings. The van der Waals surface area contributed by atoms with E-state index < -0.39 is 23.0 Å². The summed E-state index contributed by atoms with van der Waals surface area (Å²) in [5.41, 5.74) is 5.15. The molecular formula is C12H13F2NO2. The summed E-state index contributed by atoms with van der Waals surface area (Å²) < 4.78 is 30.8. The fraction of sp³-hybridized carbons (Fsp3) is 0.417. The molecule has 0 spiro atoms. The molecule has 2 N–H and O–H groups in total. The predicted octanol–water partition coefficient (Wildman–Crippen LogP) is 1.57. The van der Waals surface area contributed by atoms with E-state index in [0.29, 0.717) is 12.0 Å². The van der Waals surface area contributed by atoms with Gasteiger partial charge in [-0.2, -0.15) is 0 Å². The summed E-state index contributed by atoms with van der Waals surface area (Å²) in [4.78, 5) is 11.4. The molecule has 1 aliphatic rings. The number of amides is 1. The summed E-state index contributed by atoms with van der Waals surface area (Å²) in [7, 11) is 1.48. The van der Waals surface area contributed by atoms with Gasteiger partial charge >= 0.3 is 0 Å². The van der Waals surface area contributed by atoms with Gasteiger partial charge in [-0.25, -0.2) is 8.78 Å². The number of carbonyl (C=O) groups is 1. The lowest BCUT2D eigenvalue weighted by atomic mass is 9.99. The Kier molecular flexibility index (Phi) is 2.87. The normalized spacial score (nSPS) is 26.9. The predicted molar refractivity (Wildman–Crippen MR) is 57.2 cm³/mol. The quantitative estimate of drug-likeness (QED) is 0.869. The van der Waals surface area contributed by atoms with E-state index in [1.807, 2.05) is 0 Å². The van der Waals surface area contributed by atoms with Gasteiger partial charge in [0.2, 0.25) is 5.91 Å². The van der Waals surface area contributed by atoms with Crippen molar-refractivity contribution in [2.75, 3.05) is 13.7 Å². The van der Waals surface area contributed by atoms with Crippen LogP contribution >= 0.6 is 0 Å². The number of benzene rings is 1. The molecule has 17 heavy (non-hydrogen) atoms. The molecule has 0 aliphatic heterocycles. The first-order valence-electron chi connectivity index (χ1n) is 5.25. The highest BCUT2D eigenvalue weighted by Gasteiger charge is 2.59. The summed E-state index contributed by atoms with van der Waals surface area (Å²) in [5.74, 6) is -2.46. The molecule has 0 heterocycles. The molecule has 0 aromatic heterocycles. The van der Waals surface area contributed by atoms with Crippen LogP contribution in [0.5, 0.6) is 0 Å². The maximum absolute atomic E-state index is 13.1. The van der Waals surface area contributed by atoms with Crippen molar-refractivity contribution in [3.05, 3.63) is 35.4 Å². The van der Waals surface area contributed by atoms with Crippen molar-refractivity contribution in [2.45, 2.75) is 12.3 Å². The van der Waals surface area contributed by atoms with E-state index in [2.05, 4.69) is 0 Å². The molecule has 2 rings (SSSR count). The van der Waals surface area contributed by atoms with Crippen LogP contribution in [0, 0.1) is 17.0 Å². The molecule has 3 nitrogen and oxygen atoms in total. The standard InChI is InChI=1S/C12H13F2NO2/c1-17-6-12(11(15)16)5-8(12)7-2-3-9(13)10(14)4-7/h2-4,8H,5-6H2,1H3,(H2,15,16). The summed E-state index contributed by atoms with van der Waals surface area (Å²) in [6.45, 7) is 0.200. The smallest absolute Gasteiger partial charge is 0.226 e. The minimum atomic E-state index is -0.912. The molecule has 0 radical (unpaired) electrons. The minimum Gasteiger partial charge on any atom is -0.384 e. The van der Waals surface area contributed by atoms with Crippen LogP contribution in [0.3, 0.4) is 0 Å². The SMILES string of the molecule is COCC1(C(N)=O)CC1c1ccc(F)c(F)c1. The Morgan fingerprint density at radius 3 is 2.76 bits per heavy atom. The highest BCUT2D eigenvalue weighted by Crippen LogP contribution is 2.59. The van der Waals surface area contributed by atoms with Crippen molar-refractivity contribution < 1.29 is 18.3 Å². The molecule has 0 bridgehead atoms. The number of hydrogen-bond donors (Lipinski definition) is 1. The summed E-state index contributed by atoms with van der Waals surface area (Å²) in [6.07, 6.45) is 0.515. The molecule has 1 aromatic rings. The molecule has 1 aliphatic carbocycles. The summed E-state index contributed by atoms with van der Waals surface area (Å²) >= 11 is 0. The number of hydrogen-bond acceptors (Lipinski definition) is 2. The second-order valence-electron chi connectivity index (χ2n) is 4.38. The second kappa shape index (κ2) is 4.07. The van der Waals surface area contributed by atoms with Gasteiger partial charge in [-0.1, -0.05) is 6.07 Å². The highest BCUT2D eigenvalue weighted by atomic mass is 19.2. The van der Waals surface area contributed by atoms with E-state index in [1.165, 1.54) is 13.2 Å². The first-order chi connectivity index (χ1) is 8.01. The van der Waals surface area contributed by atoms with Crippen LogP contribution in [-0.4, -0.2) is 19.6 Å². The van der Waals surface area contributed by atoms with Crippen LogP contribution in [0.4, 0.5) is 8.78 Å². The lowest BCUT2D eigenvalue weighted by Crippen LogP contribution is -2.30. The second-order valence-corrected chi connectivity index (χ2v) is 4.38. The maximum Gasteiger partial charge on any atom is 0.226 e. The molecule has 2 unspecified atom stereocenters. The van der Waals surface area contributed by atoms with Crippen LogP contribution in [0.2, 0.25) is 0 Å². The average Bonchev–Trinajstić information content (AvgIpc) is 2.99. The fourth-order valence-corrected chi connectivity index (χ4v) is 2.23. The molecule has 1 amide bonds. The Bertz CT molecular complexity index is 464. The van der Waals surface area contributed by atoms with Gasteiger partial charge in [0.05, 0.1) is 12.0 Å². The number of methoxy groups -OCH3 is 1. The van der Waals surface area contributed by atoms with E-state index in [4.69, 9.17) is 10.5 Å². The van der Waals surface area contributed by atoms with Gasteiger partial charge in [0.1, 0.15) is 0 Å². The van der Waals surface area contributed by atoms with Crippen molar-refractivity contribution in [1.82, 2.24) is 0 Å². The third-order valence-electron chi connectivity index (χ3n) is 3.31. The molecular weight excluding hydrogens is 228 g/mol. The first kappa shape index (κ1) is 12.0. The van der Waals surface area contributed by atoms with Gasteiger partial charge in [-0.05, 0) is 24.1 Å². The number of nitrogens with two attached hydrogens (primary N) is 1. The van der Waals surface area contributed by atoms with Gasteiger partial charge in [0, 0.05) is 13.0 Å². The number of rotatable bonds is 4. The Labute approximate surface area is 97.6 Å². The van der Waals surface area contributed by atoms with Crippen LogP contribution in [0.1, 0.15) is 17.9 Å². The molecule has 0 saturated heterocycles. The van der Waals surface area contributed by atoms with Crippen molar-refractivity contribution in [3.63, 3.8) is 0 Å². The van der Waals surface area contributed by atoms with E-state index in [9.17, 15) is 13.6 Å². The number of ether oxygens (including phenoxy) is 1. The van der Waals surface area contributed by atoms with Crippen molar-refractivity contribution in [3.8, 4) is 0 Å². The Morgan fingerprint density at radius 2 is 2.24 bits per heavy atom. The molecule has 1 aromatic carbocycles. The van der Waals surface area contributed by atoms with Crippen LogP contribution in [0.25, 0.3) is 0 Å². The third-order valence-corrected chi connectivity index (χ3v) is 3.31. The molecule has 1 saturated carbocycles. The first-order valence-corrected chi connectivity index (χ1v) is 5.25. The van der Waals surface area contributed by atoms with Crippen LogP contribution in [0.15, 0.2) is 18.2 Å². The summed E-state index contributed by atoms with van der Waals surface area (Å²) in [6, 6.07) is 3.64. The average molecular weight is 241 g/mol. The van der Waals surface area contributed by atoms with Gasteiger partial charge in [-0.15, -0.1) is 0 Å². The maximum atomic E-state index is 13.1. The zero-order valence-corrected chi connectivity index (χ0v) is 9.37. The van der Waals surface area contributed by atoms with Crippen molar-refractivity contribution >= 4 is 5.91 Å². The summed E-state index contributed by atoms with van der Waals surface area (Å²) in [5, 5.41) is 0. The van der Waals surface area contributed by atoms with Gasteiger partial charge in [-0.3, -0.25) is 4.79 Å². The number of carbonyl (C=O) groups excluding carboxylic acids is 1. The lowest BCUT2D eigenvalue weighted by Gasteiger charge is -2.12. The molecule has 2 atom stereocenters. The molecule has 92 valence electrons. The fourth-order valence-electron chi connectivity index (χ4n) is 2.23. The van der Waals surface area contributed by atoms with E-state index in [0.717, 1.165) is 12.1 Å². The number of halogens is 2. The third kappa shape index (κ3) is 1.91. The van der Waals surface area contributed by atoms with Crippen LogP contribution in [-0.2, 0) is 9.53 Å². The number of primary amides is 1. The molecule has 5 heteroatoms. The van der Waals surface area contributed by atoms with Gasteiger partial charge in [0.25, 0.3) is 0 Å². The van der Waals surface area contributed by atoms with Gasteiger partial charge < -0.3 is 10.5 Å². The van der Waals surface area contributed by atoms with Crippen molar-refractivity contribution in [2.24, 2.45) is 11.1 Å². The Morgan fingerprint density at radius 1 is 1.53 bits per heavy atom. The highest BCUT2D eigenvalue weighted by molar-refractivity contribution is 5.86. The minimum absolute atomic E-state index is 0.185. The van der Waals surface area contributed by atoms with E-state index >= 15 is 0 Å². The zero-order chi connectivity index (χ0) is 12.6. The topological polar surface area (TPSA) is 52.3 Å². The van der Waals surface area contributed by atoms with E-state index in [1.54, 1.807) is 0 Å².